The molecular weight excluding hydrogens is 321 g/mol. The van der Waals surface area contributed by atoms with Crippen LogP contribution in [0.15, 0.2) is 30.6 Å². The minimum atomic E-state index is -0.337. The van der Waals surface area contributed by atoms with Gasteiger partial charge in [-0.1, -0.05) is 13.8 Å². The Kier molecular flexibility index (Phi) is 4.48. The molecule has 1 amide bonds. The van der Waals surface area contributed by atoms with E-state index < -0.39 is 0 Å². The van der Waals surface area contributed by atoms with Crippen LogP contribution in [0.1, 0.15) is 41.9 Å². The highest BCUT2D eigenvalue weighted by Gasteiger charge is 2.25. The Labute approximate surface area is 145 Å². The molecule has 0 aliphatic carbocycles. The fraction of sp³-hybridized carbons (Fsp3) is 0.333. The van der Waals surface area contributed by atoms with Crippen LogP contribution >= 0.6 is 0 Å². The van der Waals surface area contributed by atoms with E-state index in [1.807, 2.05) is 32.4 Å². The third-order valence-corrected chi connectivity index (χ3v) is 4.12. The predicted molar refractivity (Wildman–Crippen MR) is 92.5 cm³/mol. The fourth-order valence-corrected chi connectivity index (χ4v) is 2.72. The molecule has 0 spiro atoms. The van der Waals surface area contributed by atoms with E-state index in [4.69, 9.17) is 0 Å². The molecule has 7 heteroatoms. The quantitative estimate of drug-likeness (QED) is 0.792. The number of halogens is 1. The average molecular weight is 341 g/mol. The number of benzene rings is 1. The fourth-order valence-electron chi connectivity index (χ4n) is 2.72. The lowest BCUT2D eigenvalue weighted by atomic mass is 10.0. The molecule has 0 radical (unpaired) electrons. The van der Waals surface area contributed by atoms with Gasteiger partial charge in [0.2, 0.25) is 0 Å². The molecule has 0 aliphatic heterocycles. The highest BCUT2D eigenvalue weighted by atomic mass is 19.1. The summed E-state index contributed by atoms with van der Waals surface area (Å²) in [5.74, 6) is 0.105. The molecule has 0 saturated heterocycles. The Hall–Kier alpha value is -2.83. The van der Waals surface area contributed by atoms with Crippen LogP contribution < -0.4 is 5.32 Å². The number of aryl methyl sites for hydroxylation is 2. The summed E-state index contributed by atoms with van der Waals surface area (Å²) in [6.07, 6.45) is 3.00. The molecule has 2 heterocycles. The molecule has 1 N–H and O–H groups in total. The second kappa shape index (κ2) is 6.58. The largest absolute Gasteiger partial charge is 0.340 e. The van der Waals surface area contributed by atoms with Gasteiger partial charge in [0.05, 0.1) is 29.0 Å². The van der Waals surface area contributed by atoms with Crippen LogP contribution in [0.3, 0.4) is 0 Å². The molecule has 3 aromatic rings. The standard InChI is InChI=1S/C18H20FN5O/c1-10(2)16(23-18(25)14-9-20-11(3)8-21-14)17-22-13-7-12(19)5-6-15(13)24(17)4/h5-10,16H,1-4H3,(H,23,25)/t16-/m0/s1. The molecule has 3 rings (SSSR count). The number of carbonyl (C=O) groups is 1. The van der Waals surface area contributed by atoms with Crippen LogP contribution in [0.5, 0.6) is 0 Å². The summed E-state index contributed by atoms with van der Waals surface area (Å²) >= 11 is 0. The Morgan fingerprint density at radius 1 is 1.24 bits per heavy atom. The van der Waals surface area contributed by atoms with Crippen molar-refractivity contribution in [2.75, 3.05) is 0 Å². The second-order valence-electron chi connectivity index (χ2n) is 6.40. The van der Waals surface area contributed by atoms with Crippen molar-refractivity contribution in [2.24, 2.45) is 13.0 Å². The van der Waals surface area contributed by atoms with Crippen molar-refractivity contribution in [3.05, 3.63) is 53.6 Å². The molecule has 1 atom stereocenters. The highest BCUT2D eigenvalue weighted by molar-refractivity contribution is 5.92. The van der Waals surface area contributed by atoms with E-state index in [0.717, 1.165) is 11.2 Å². The van der Waals surface area contributed by atoms with Gasteiger partial charge < -0.3 is 9.88 Å². The number of hydrogen-bond acceptors (Lipinski definition) is 4. The van der Waals surface area contributed by atoms with Gasteiger partial charge in [-0.3, -0.25) is 9.78 Å². The molecular formula is C18H20FN5O. The lowest BCUT2D eigenvalue weighted by molar-refractivity contribution is 0.0917. The number of fused-ring (bicyclic) bond motifs is 1. The zero-order chi connectivity index (χ0) is 18.1. The summed E-state index contributed by atoms with van der Waals surface area (Å²) in [7, 11) is 1.86. The van der Waals surface area contributed by atoms with Crippen LogP contribution in [-0.4, -0.2) is 25.4 Å². The first kappa shape index (κ1) is 17.0. The third-order valence-electron chi connectivity index (χ3n) is 4.12. The number of carbonyl (C=O) groups excluding carboxylic acids is 1. The lowest BCUT2D eigenvalue weighted by Gasteiger charge is -2.22. The van der Waals surface area contributed by atoms with E-state index in [9.17, 15) is 9.18 Å². The molecule has 0 bridgehead atoms. The second-order valence-corrected chi connectivity index (χ2v) is 6.40. The Bertz CT molecular complexity index is 917. The van der Waals surface area contributed by atoms with Gasteiger partial charge in [0, 0.05) is 19.3 Å². The van der Waals surface area contributed by atoms with Crippen molar-refractivity contribution >= 4 is 16.9 Å². The average Bonchev–Trinajstić information content (AvgIpc) is 2.88. The monoisotopic (exact) mass is 341 g/mol. The first-order valence-electron chi connectivity index (χ1n) is 8.08. The summed E-state index contributed by atoms with van der Waals surface area (Å²) in [4.78, 5) is 25.3. The highest BCUT2D eigenvalue weighted by Crippen LogP contribution is 2.25. The molecule has 0 aliphatic rings. The van der Waals surface area contributed by atoms with Gasteiger partial charge in [0.15, 0.2) is 0 Å². The Balaban J connectivity index is 1.95. The molecule has 2 aromatic heterocycles. The van der Waals surface area contributed by atoms with Crippen molar-refractivity contribution in [3.8, 4) is 0 Å². The van der Waals surface area contributed by atoms with Gasteiger partial charge in [0.25, 0.3) is 5.91 Å². The van der Waals surface area contributed by atoms with E-state index in [2.05, 4.69) is 20.3 Å². The van der Waals surface area contributed by atoms with Crippen LogP contribution in [-0.2, 0) is 7.05 Å². The van der Waals surface area contributed by atoms with Gasteiger partial charge in [-0.15, -0.1) is 0 Å². The zero-order valence-electron chi connectivity index (χ0n) is 14.6. The maximum Gasteiger partial charge on any atom is 0.272 e. The number of imidazole rings is 1. The zero-order valence-corrected chi connectivity index (χ0v) is 14.6. The van der Waals surface area contributed by atoms with E-state index in [0.29, 0.717) is 11.3 Å². The molecule has 0 fully saturated rings. The number of aromatic nitrogens is 4. The summed E-state index contributed by atoms with van der Waals surface area (Å²) in [5, 5.41) is 2.97. The van der Waals surface area contributed by atoms with Gasteiger partial charge in [-0.05, 0) is 25.0 Å². The van der Waals surface area contributed by atoms with Crippen LogP contribution in [0.25, 0.3) is 11.0 Å². The Morgan fingerprint density at radius 3 is 2.64 bits per heavy atom. The summed E-state index contributed by atoms with van der Waals surface area (Å²) in [5.41, 5.74) is 2.37. The van der Waals surface area contributed by atoms with E-state index in [1.165, 1.54) is 18.3 Å². The Morgan fingerprint density at radius 2 is 2.00 bits per heavy atom. The van der Waals surface area contributed by atoms with Crippen molar-refractivity contribution < 1.29 is 9.18 Å². The van der Waals surface area contributed by atoms with E-state index in [1.54, 1.807) is 12.3 Å². The van der Waals surface area contributed by atoms with E-state index >= 15 is 0 Å². The summed E-state index contributed by atoms with van der Waals surface area (Å²) in [6.45, 7) is 5.79. The molecule has 130 valence electrons. The first-order valence-corrected chi connectivity index (χ1v) is 8.08. The van der Waals surface area contributed by atoms with Crippen molar-refractivity contribution in [1.82, 2.24) is 24.8 Å². The number of nitrogens with one attached hydrogen (secondary N) is 1. The van der Waals surface area contributed by atoms with Crippen molar-refractivity contribution in [2.45, 2.75) is 26.8 Å². The molecule has 25 heavy (non-hydrogen) atoms. The topological polar surface area (TPSA) is 72.7 Å². The number of hydrogen-bond donors (Lipinski definition) is 1. The maximum atomic E-state index is 13.5. The molecule has 1 aromatic carbocycles. The summed E-state index contributed by atoms with van der Waals surface area (Å²) < 4.78 is 15.3. The van der Waals surface area contributed by atoms with E-state index in [-0.39, 0.29) is 29.4 Å². The predicted octanol–water partition coefficient (Wildman–Crippen LogP) is 2.94. The van der Waals surface area contributed by atoms with Gasteiger partial charge in [0.1, 0.15) is 17.3 Å². The minimum absolute atomic E-state index is 0.0858. The van der Waals surface area contributed by atoms with Crippen LogP contribution in [0, 0.1) is 18.7 Å². The van der Waals surface area contributed by atoms with Gasteiger partial charge in [-0.25, -0.2) is 14.4 Å². The maximum absolute atomic E-state index is 13.5. The number of rotatable bonds is 4. The van der Waals surface area contributed by atoms with Crippen molar-refractivity contribution in [3.63, 3.8) is 0 Å². The minimum Gasteiger partial charge on any atom is -0.340 e. The smallest absolute Gasteiger partial charge is 0.272 e. The van der Waals surface area contributed by atoms with Crippen LogP contribution in [0.4, 0.5) is 4.39 Å². The molecule has 6 nitrogen and oxygen atoms in total. The summed E-state index contributed by atoms with van der Waals surface area (Å²) in [6, 6.07) is 4.14. The lowest BCUT2D eigenvalue weighted by Crippen LogP contribution is -2.34. The van der Waals surface area contributed by atoms with Crippen molar-refractivity contribution in [1.29, 1.82) is 0 Å². The van der Waals surface area contributed by atoms with Gasteiger partial charge >= 0.3 is 0 Å². The normalized spacial score (nSPS) is 12.6. The SMILES string of the molecule is Cc1cnc(C(=O)N[C@H](c2nc3cc(F)ccc3n2C)C(C)C)cn1. The molecule has 0 unspecified atom stereocenters. The van der Waals surface area contributed by atoms with Gasteiger partial charge in [-0.2, -0.15) is 0 Å². The first-order chi connectivity index (χ1) is 11.9. The third kappa shape index (κ3) is 3.35. The molecule has 0 saturated carbocycles. The number of nitrogens with zero attached hydrogens (tertiary/aromatic N) is 4. The number of amides is 1. The van der Waals surface area contributed by atoms with Crippen LogP contribution in [0.2, 0.25) is 0 Å².